The fraction of sp³-hybridized carbons (Fsp3) is 0.562. The highest BCUT2D eigenvalue weighted by atomic mass is 79.9. The minimum Gasteiger partial charge on any atom is -0.334 e. The molecule has 2 unspecified atom stereocenters. The van der Waals surface area contributed by atoms with Crippen LogP contribution in [-0.2, 0) is 0 Å². The van der Waals surface area contributed by atoms with Crippen LogP contribution in [0.2, 0.25) is 0 Å². The van der Waals surface area contributed by atoms with Crippen LogP contribution >= 0.6 is 27.7 Å². The second kappa shape index (κ2) is 5.72. The van der Waals surface area contributed by atoms with E-state index in [1.165, 1.54) is 31.2 Å². The smallest absolute Gasteiger partial charge is 0.161 e. The number of aryl methyl sites for hydroxylation is 1. The highest BCUT2D eigenvalue weighted by Gasteiger charge is 2.39. The summed E-state index contributed by atoms with van der Waals surface area (Å²) in [5.41, 5.74) is 2.58. The third-order valence-electron chi connectivity index (χ3n) is 4.32. The second-order valence-corrected chi connectivity index (χ2v) is 7.95. The Labute approximate surface area is 134 Å². The molecule has 1 saturated carbocycles. The van der Waals surface area contributed by atoms with Crippen molar-refractivity contribution in [1.82, 2.24) is 0 Å². The maximum Gasteiger partial charge on any atom is 0.161 e. The van der Waals surface area contributed by atoms with Crippen molar-refractivity contribution >= 4 is 38.5 Å². The van der Waals surface area contributed by atoms with Gasteiger partial charge in [0.05, 0.1) is 11.2 Å². The summed E-state index contributed by atoms with van der Waals surface area (Å²) < 4.78 is 1.14. The van der Waals surface area contributed by atoms with Gasteiger partial charge < -0.3 is 5.32 Å². The standard InChI is InChI=1S/C16H21BrN2S/c1-11-5-4-8-16(9-11)10-20-15(19-16)18-13-7-3-6-12(2)14(13)17/h3,6-7,11H,4-5,8-10H2,1-2H3,(H,18,19). The average Bonchev–Trinajstić information content (AvgIpc) is 2.77. The van der Waals surface area contributed by atoms with E-state index >= 15 is 0 Å². The Morgan fingerprint density at radius 2 is 2.30 bits per heavy atom. The second-order valence-electron chi connectivity index (χ2n) is 6.19. The zero-order valence-electron chi connectivity index (χ0n) is 12.1. The highest BCUT2D eigenvalue weighted by molar-refractivity contribution is 9.10. The first-order valence-electron chi connectivity index (χ1n) is 7.33. The molecule has 0 bridgehead atoms. The number of nitrogens with one attached hydrogen (secondary N) is 1. The van der Waals surface area contributed by atoms with Crippen LogP contribution in [0.15, 0.2) is 27.7 Å². The van der Waals surface area contributed by atoms with Gasteiger partial charge in [-0.3, -0.25) is 4.99 Å². The summed E-state index contributed by atoms with van der Waals surface area (Å²) in [6.45, 7) is 4.48. The maximum absolute atomic E-state index is 5.04. The van der Waals surface area contributed by atoms with Crippen molar-refractivity contribution in [2.24, 2.45) is 10.9 Å². The topological polar surface area (TPSA) is 24.4 Å². The fourth-order valence-corrected chi connectivity index (χ4v) is 4.81. The molecule has 3 rings (SSSR count). The minimum absolute atomic E-state index is 0.209. The van der Waals surface area contributed by atoms with E-state index in [4.69, 9.17) is 4.99 Å². The largest absolute Gasteiger partial charge is 0.334 e. The van der Waals surface area contributed by atoms with Gasteiger partial charge in [-0.15, -0.1) is 0 Å². The number of halogens is 1. The van der Waals surface area contributed by atoms with Crippen molar-refractivity contribution in [2.45, 2.75) is 45.1 Å². The molecule has 1 heterocycles. The Hall–Kier alpha value is -0.480. The van der Waals surface area contributed by atoms with Gasteiger partial charge in [0.1, 0.15) is 0 Å². The summed E-state index contributed by atoms with van der Waals surface area (Å²) in [5, 5.41) is 4.59. The first kappa shape index (κ1) is 14.5. The molecule has 2 aliphatic rings. The predicted molar refractivity (Wildman–Crippen MR) is 92.8 cm³/mol. The lowest BCUT2D eigenvalue weighted by molar-refractivity contribution is 0.266. The summed E-state index contributed by atoms with van der Waals surface area (Å²) >= 11 is 5.54. The van der Waals surface area contributed by atoms with E-state index in [-0.39, 0.29) is 5.54 Å². The van der Waals surface area contributed by atoms with Crippen LogP contribution in [0, 0.1) is 12.8 Å². The summed E-state index contributed by atoms with van der Waals surface area (Å²) in [5.74, 6) is 1.96. The molecule has 108 valence electrons. The number of anilines is 1. The van der Waals surface area contributed by atoms with Gasteiger partial charge in [0.15, 0.2) is 5.17 Å². The molecule has 1 aromatic rings. The fourth-order valence-electron chi connectivity index (χ4n) is 3.27. The molecule has 1 aliphatic carbocycles. The molecule has 2 nitrogen and oxygen atoms in total. The van der Waals surface area contributed by atoms with E-state index in [0.29, 0.717) is 0 Å². The van der Waals surface area contributed by atoms with Crippen LogP contribution in [-0.4, -0.2) is 16.5 Å². The molecule has 1 spiro atoms. The SMILES string of the molecule is Cc1cccc(NC2=NC3(CCCC(C)C3)CS2)c1Br. The molecule has 1 fully saturated rings. The molecule has 20 heavy (non-hydrogen) atoms. The van der Waals surface area contributed by atoms with Gasteiger partial charge in [-0.1, -0.05) is 43.7 Å². The lowest BCUT2D eigenvalue weighted by Crippen LogP contribution is -2.33. The van der Waals surface area contributed by atoms with Crippen LogP contribution in [0.5, 0.6) is 0 Å². The molecule has 0 amide bonds. The van der Waals surface area contributed by atoms with Crippen LogP contribution in [0.1, 0.15) is 38.2 Å². The van der Waals surface area contributed by atoms with E-state index in [9.17, 15) is 0 Å². The van der Waals surface area contributed by atoms with Crippen molar-refractivity contribution in [3.63, 3.8) is 0 Å². The quantitative estimate of drug-likeness (QED) is 0.748. The van der Waals surface area contributed by atoms with Gasteiger partial charge in [-0.2, -0.15) is 0 Å². The summed E-state index contributed by atoms with van der Waals surface area (Å²) in [6.07, 6.45) is 5.20. The Balaban J connectivity index is 1.77. The number of aliphatic imine (C=N–C) groups is 1. The lowest BCUT2D eigenvalue weighted by Gasteiger charge is -2.33. The monoisotopic (exact) mass is 352 g/mol. The third-order valence-corrected chi connectivity index (χ3v) is 6.52. The molecule has 2 atom stereocenters. The Bertz CT molecular complexity index is 543. The van der Waals surface area contributed by atoms with Crippen LogP contribution in [0.4, 0.5) is 5.69 Å². The zero-order chi connectivity index (χ0) is 14.2. The minimum atomic E-state index is 0.209. The lowest BCUT2D eigenvalue weighted by atomic mass is 9.78. The number of thioether (sulfide) groups is 1. The van der Waals surface area contributed by atoms with Gasteiger partial charge >= 0.3 is 0 Å². The molecule has 0 aromatic heterocycles. The number of nitrogens with zero attached hydrogens (tertiary/aromatic N) is 1. The molecule has 0 saturated heterocycles. The average molecular weight is 353 g/mol. The Morgan fingerprint density at radius 3 is 3.10 bits per heavy atom. The maximum atomic E-state index is 5.04. The van der Waals surface area contributed by atoms with E-state index in [1.807, 2.05) is 11.8 Å². The highest BCUT2D eigenvalue weighted by Crippen LogP contribution is 2.42. The van der Waals surface area contributed by atoms with E-state index in [1.54, 1.807) is 0 Å². The molecule has 1 aliphatic heterocycles. The molecule has 0 radical (unpaired) electrons. The van der Waals surface area contributed by atoms with Gasteiger partial charge in [0, 0.05) is 10.2 Å². The van der Waals surface area contributed by atoms with Crippen molar-refractivity contribution in [1.29, 1.82) is 0 Å². The summed E-state index contributed by atoms with van der Waals surface area (Å²) in [4.78, 5) is 5.04. The molecule has 1 aromatic carbocycles. The number of hydrogen-bond donors (Lipinski definition) is 1. The zero-order valence-corrected chi connectivity index (χ0v) is 14.5. The van der Waals surface area contributed by atoms with Crippen LogP contribution < -0.4 is 5.32 Å². The Morgan fingerprint density at radius 1 is 1.45 bits per heavy atom. The Kier molecular flexibility index (Phi) is 4.14. The molecule has 4 heteroatoms. The summed E-state index contributed by atoms with van der Waals surface area (Å²) in [6, 6.07) is 6.30. The van der Waals surface area contributed by atoms with Gasteiger partial charge in [0.25, 0.3) is 0 Å². The van der Waals surface area contributed by atoms with Gasteiger partial charge in [-0.25, -0.2) is 0 Å². The van der Waals surface area contributed by atoms with Crippen LogP contribution in [0.25, 0.3) is 0 Å². The third kappa shape index (κ3) is 2.91. The van der Waals surface area contributed by atoms with Gasteiger partial charge in [0.2, 0.25) is 0 Å². The molecular weight excluding hydrogens is 332 g/mol. The van der Waals surface area contributed by atoms with E-state index in [2.05, 4.69) is 53.3 Å². The van der Waals surface area contributed by atoms with Crippen molar-refractivity contribution in [3.8, 4) is 0 Å². The van der Waals surface area contributed by atoms with Crippen molar-refractivity contribution in [2.75, 3.05) is 11.1 Å². The number of rotatable bonds is 1. The number of benzene rings is 1. The first-order chi connectivity index (χ1) is 9.58. The predicted octanol–water partition coefficient (Wildman–Crippen LogP) is 5.22. The first-order valence-corrected chi connectivity index (χ1v) is 9.11. The van der Waals surface area contributed by atoms with Crippen LogP contribution in [0.3, 0.4) is 0 Å². The molecule has 1 N–H and O–H groups in total. The normalized spacial score (nSPS) is 29.6. The number of hydrogen-bond acceptors (Lipinski definition) is 3. The van der Waals surface area contributed by atoms with E-state index in [0.717, 1.165) is 27.0 Å². The summed E-state index contributed by atoms with van der Waals surface area (Å²) in [7, 11) is 0. The van der Waals surface area contributed by atoms with Crippen molar-refractivity contribution in [3.05, 3.63) is 28.2 Å². The molecular formula is C16H21BrN2S. The van der Waals surface area contributed by atoms with Gasteiger partial charge in [-0.05, 0) is 53.2 Å². The van der Waals surface area contributed by atoms with E-state index < -0.39 is 0 Å². The van der Waals surface area contributed by atoms with Crippen molar-refractivity contribution < 1.29 is 0 Å². The number of amidine groups is 1.